The summed E-state index contributed by atoms with van der Waals surface area (Å²) in [5.41, 5.74) is 5.32. The molecule has 4 rings (SSSR count). The van der Waals surface area contributed by atoms with Crippen LogP contribution in [0.2, 0.25) is 0 Å². The van der Waals surface area contributed by atoms with E-state index in [0.29, 0.717) is 23.5 Å². The van der Waals surface area contributed by atoms with E-state index in [0.717, 1.165) is 51.4 Å². The Morgan fingerprint density at radius 3 is 2.83 bits per heavy atom. The van der Waals surface area contributed by atoms with E-state index in [1.54, 1.807) is 5.57 Å². The van der Waals surface area contributed by atoms with E-state index in [1.165, 1.54) is 18.4 Å². The van der Waals surface area contributed by atoms with Gasteiger partial charge >= 0.3 is 0 Å². The zero-order valence-corrected chi connectivity index (χ0v) is 14.9. The van der Waals surface area contributed by atoms with Crippen LogP contribution in [0.3, 0.4) is 0 Å². The quantitative estimate of drug-likeness (QED) is 0.588. The zero-order chi connectivity index (χ0) is 16.9. The van der Waals surface area contributed by atoms with E-state index in [2.05, 4.69) is 19.2 Å². The molecule has 0 aromatic heterocycles. The normalized spacial score (nSPS) is 44.4. The predicted octanol–water partition coefficient (Wildman–Crippen LogP) is 4.73. The molecule has 0 aliphatic heterocycles. The van der Waals surface area contributed by atoms with Crippen molar-refractivity contribution < 1.29 is 9.90 Å². The van der Waals surface area contributed by atoms with Gasteiger partial charge in [0.25, 0.3) is 0 Å². The van der Waals surface area contributed by atoms with Crippen LogP contribution >= 0.6 is 0 Å². The molecule has 130 valence electrons. The Kier molecular flexibility index (Phi) is 3.90. The Balaban J connectivity index is 1.69. The molecule has 4 aliphatic rings. The maximum absolute atomic E-state index is 11.8. The summed E-state index contributed by atoms with van der Waals surface area (Å²) < 4.78 is 0. The Labute approximate surface area is 145 Å². The number of hydrogen-bond acceptors (Lipinski definition) is 2. The fourth-order valence-electron chi connectivity index (χ4n) is 7.05. The van der Waals surface area contributed by atoms with Gasteiger partial charge in [0.05, 0.1) is 5.60 Å². The van der Waals surface area contributed by atoms with E-state index in [-0.39, 0.29) is 5.41 Å². The van der Waals surface area contributed by atoms with Crippen molar-refractivity contribution in [2.24, 2.45) is 23.2 Å². The highest BCUT2D eigenvalue weighted by molar-refractivity contribution is 5.82. The number of fused-ring (bicyclic) bond motifs is 4. The monoisotopic (exact) mass is 326 g/mol. The molecule has 1 N–H and O–H groups in total. The van der Waals surface area contributed by atoms with Gasteiger partial charge in [-0.2, -0.15) is 0 Å². The van der Waals surface area contributed by atoms with Gasteiger partial charge < -0.3 is 5.11 Å². The summed E-state index contributed by atoms with van der Waals surface area (Å²) in [4.78, 5) is 11.8. The highest BCUT2D eigenvalue weighted by Crippen LogP contribution is 2.66. The van der Waals surface area contributed by atoms with Crippen LogP contribution in [0.25, 0.3) is 0 Å². The lowest BCUT2D eigenvalue weighted by molar-refractivity contribution is -0.119. The van der Waals surface area contributed by atoms with Gasteiger partial charge in [0.2, 0.25) is 0 Å². The first-order valence-electron chi connectivity index (χ1n) is 9.86. The maximum atomic E-state index is 11.8. The van der Waals surface area contributed by atoms with Gasteiger partial charge in [0.1, 0.15) is 5.78 Å². The summed E-state index contributed by atoms with van der Waals surface area (Å²) in [5, 5.41) is 11.4. The van der Waals surface area contributed by atoms with Crippen LogP contribution < -0.4 is 0 Å². The molecule has 0 aromatic carbocycles. The number of aliphatic hydroxyl groups is 1. The number of carbonyl (C=O) groups excluding carboxylic acids is 1. The van der Waals surface area contributed by atoms with Crippen molar-refractivity contribution in [3.8, 4) is 0 Å². The number of rotatable bonds is 2. The van der Waals surface area contributed by atoms with E-state index >= 15 is 0 Å². The van der Waals surface area contributed by atoms with Gasteiger partial charge in [-0.25, -0.2) is 0 Å². The Hall–Kier alpha value is -1.11. The number of carbonyl (C=O) groups is 1. The molecule has 0 saturated heterocycles. The van der Waals surface area contributed by atoms with Gasteiger partial charge in [-0.15, -0.1) is 5.73 Å². The first-order valence-corrected chi connectivity index (χ1v) is 9.86. The molecular weight excluding hydrogens is 296 g/mol. The number of ketones is 1. The molecule has 24 heavy (non-hydrogen) atoms. The van der Waals surface area contributed by atoms with E-state index in [9.17, 15) is 9.90 Å². The Morgan fingerprint density at radius 1 is 1.25 bits per heavy atom. The summed E-state index contributed by atoms with van der Waals surface area (Å²) in [5.74, 6) is 2.44. The van der Waals surface area contributed by atoms with Gasteiger partial charge in [0.15, 0.2) is 0 Å². The minimum atomic E-state index is -0.712. The van der Waals surface area contributed by atoms with Crippen LogP contribution in [0, 0.1) is 23.2 Å². The molecule has 0 aromatic rings. The molecule has 0 amide bonds. The lowest BCUT2D eigenvalue weighted by Gasteiger charge is -2.54. The number of hydrogen-bond donors (Lipinski definition) is 1. The molecular formula is C22H30O2. The first-order chi connectivity index (χ1) is 11.5. The second kappa shape index (κ2) is 5.71. The molecule has 2 fully saturated rings. The molecule has 4 aliphatic carbocycles. The van der Waals surface area contributed by atoms with Gasteiger partial charge in [-0.3, -0.25) is 4.79 Å². The molecule has 1 unspecified atom stereocenters. The van der Waals surface area contributed by atoms with Crippen LogP contribution in [0.5, 0.6) is 0 Å². The van der Waals surface area contributed by atoms with E-state index < -0.39 is 5.60 Å². The first kappa shape index (κ1) is 16.4. The third-order valence-electron chi connectivity index (χ3n) is 8.08. The molecule has 0 radical (unpaired) electrons. The van der Waals surface area contributed by atoms with Crippen LogP contribution in [-0.4, -0.2) is 16.5 Å². The zero-order valence-electron chi connectivity index (χ0n) is 14.9. The fraction of sp³-hybridized carbons (Fsp3) is 0.727. The summed E-state index contributed by atoms with van der Waals surface area (Å²) in [6.45, 7) is 5.99. The van der Waals surface area contributed by atoms with E-state index in [1.807, 2.05) is 6.08 Å². The topological polar surface area (TPSA) is 37.3 Å². The predicted molar refractivity (Wildman–Crippen MR) is 95.4 cm³/mol. The summed E-state index contributed by atoms with van der Waals surface area (Å²) in [7, 11) is 0. The molecule has 0 spiro atoms. The summed E-state index contributed by atoms with van der Waals surface area (Å²) >= 11 is 0. The highest BCUT2D eigenvalue weighted by atomic mass is 16.3. The molecule has 5 atom stereocenters. The van der Waals surface area contributed by atoms with Crippen molar-refractivity contribution in [2.75, 3.05) is 0 Å². The van der Waals surface area contributed by atoms with Gasteiger partial charge in [0, 0.05) is 18.3 Å². The van der Waals surface area contributed by atoms with Gasteiger partial charge in [-0.05, 0) is 75.2 Å². The second-order valence-corrected chi connectivity index (χ2v) is 8.62. The Bertz CT molecular complexity index is 638. The summed E-state index contributed by atoms with van der Waals surface area (Å²) in [6.07, 6.45) is 12.0. The van der Waals surface area contributed by atoms with Crippen LogP contribution in [0.1, 0.15) is 71.1 Å². The van der Waals surface area contributed by atoms with Crippen LogP contribution in [0.4, 0.5) is 0 Å². The highest BCUT2D eigenvalue weighted by Gasteiger charge is 2.62. The SMILES string of the molecule is C=C=C[C@]1(O)CC[C@H]2[C@@H]3CCC4=C(CCC(=O)C4)[C@H]3CCC21CC. The molecule has 0 heterocycles. The molecule has 0 bridgehead atoms. The van der Waals surface area contributed by atoms with Crippen molar-refractivity contribution in [3.63, 3.8) is 0 Å². The number of Topliss-reactive ketones (excluding diaryl/α,β-unsaturated/α-hetero) is 1. The van der Waals surface area contributed by atoms with E-state index in [4.69, 9.17) is 0 Å². The van der Waals surface area contributed by atoms with Crippen molar-refractivity contribution in [1.82, 2.24) is 0 Å². The molecule has 2 nitrogen and oxygen atoms in total. The van der Waals surface area contributed by atoms with Gasteiger partial charge in [-0.1, -0.05) is 24.6 Å². The van der Waals surface area contributed by atoms with Crippen molar-refractivity contribution >= 4 is 5.78 Å². The third kappa shape index (κ3) is 2.09. The van der Waals surface area contributed by atoms with Crippen molar-refractivity contribution in [3.05, 3.63) is 29.5 Å². The maximum Gasteiger partial charge on any atom is 0.137 e. The van der Waals surface area contributed by atoms with Crippen molar-refractivity contribution in [2.45, 2.75) is 76.7 Å². The largest absolute Gasteiger partial charge is 0.385 e. The molecule has 2 saturated carbocycles. The third-order valence-corrected chi connectivity index (χ3v) is 8.08. The standard InChI is InChI=1S/C22H30O2/c1-3-11-22(24)13-10-20-19-7-5-15-14-16(23)6-8-17(15)18(19)9-12-21(20,22)4-2/h11,18-20,24H,1,4-10,12-14H2,2H3/t18-,19-,20+,21?,22+/m1/s1. The lowest BCUT2D eigenvalue weighted by atomic mass is 9.51. The average molecular weight is 326 g/mol. The summed E-state index contributed by atoms with van der Waals surface area (Å²) in [6, 6.07) is 0. The second-order valence-electron chi connectivity index (χ2n) is 8.62. The van der Waals surface area contributed by atoms with Crippen LogP contribution in [0.15, 0.2) is 29.5 Å². The molecule has 2 heteroatoms. The van der Waals surface area contributed by atoms with Crippen molar-refractivity contribution in [1.29, 1.82) is 0 Å². The smallest absolute Gasteiger partial charge is 0.137 e. The fourth-order valence-corrected chi connectivity index (χ4v) is 7.05. The Morgan fingerprint density at radius 2 is 2.08 bits per heavy atom. The number of allylic oxidation sites excluding steroid dienone is 2. The van der Waals surface area contributed by atoms with Crippen LogP contribution in [-0.2, 0) is 4.79 Å². The average Bonchev–Trinajstić information content (AvgIpc) is 2.88. The minimum Gasteiger partial charge on any atom is -0.385 e. The lowest BCUT2D eigenvalue weighted by Crippen LogP contribution is -2.52. The minimum absolute atomic E-state index is 0.0153.